The van der Waals surface area contributed by atoms with E-state index in [-0.39, 0.29) is 5.82 Å². The number of aromatic amines is 1. The van der Waals surface area contributed by atoms with Crippen LogP contribution in [-0.4, -0.2) is 15.0 Å². The molecule has 0 atom stereocenters. The highest BCUT2D eigenvalue weighted by molar-refractivity contribution is 6.30. The highest BCUT2D eigenvalue weighted by atomic mass is 35.5. The smallest absolute Gasteiger partial charge is 0.142 e. The second-order valence-corrected chi connectivity index (χ2v) is 4.41. The lowest BCUT2D eigenvalue weighted by molar-refractivity contribution is 0.628. The molecule has 90 valence electrons. The van der Waals surface area contributed by atoms with Gasteiger partial charge in [-0.15, -0.1) is 0 Å². The van der Waals surface area contributed by atoms with Gasteiger partial charge in [-0.05, 0) is 37.3 Å². The van der Waals surface area contributed by atoms with Crippen molar-refractivity contribution in [2.75, 3.05) is 0 Å². The summed E-state index contributed by atoms with van der Waals surface area (Å²) in [6, 6.07) is 7.98. The monoisotopic (exact) mass is 261 g/mol. The Kier molecular flexibility index (Phi) is 2.52. The van der Waals surface area contributed by atoms with Crippen molar-refractivity contribution in [3.63, 3.8) is 0 Å². The van der Waals surface area contributed by atoms with Gasteiger partial charge in [0.15, 0.2) is 0 Å². The summed E-state index contributed by atoms with van der Waals surface area (Å²) in [5, 5.41) is 1.34. The second kappa shape index (κ2) is 4.07. The summed E-state index contributed by atoms with van der Waals surface area (Å²) < 4.78 is 12.9. The lowest BCUT2D eigenvalue weighted by atomic mass is 10.1. The molecule has 0 fully saturated rings. The van der Waals surface area contributed by atoms with Crippen molar-refractivity contribution in [1.29, 1.82) is 0 Å². The summed E-state index contributed by atoms with van der Waals surface area (Å²) >= 11 is 5.94. The van der Waals surface area contributed by atoms with E-state index in [1.807, 2.05) is 0 Å². The Morgan fingerprint density at radius 3 is 2.61 bits per heavy atom. The molecule has 0 radical (unpaired) electrons. The van der Waals surface area contributed by atoms with Crippen molar-refractivity contribution in [3.8, 4) is 11.3 Å². The first-order valence-electron chi connectivity index (χ1n) is 5.42. The molecular formula is C13H9ClFN3. The molecule has 18 heavy (non-hydrogen) atoms. The number of halogens is 2. The van der Waals surface area contributed by atoms with Crippen LogP contribution in [0.1, 0.15) is 5.82 Å². The maximum Gasteiger partial charge on any atom is 0.142 e. The first-order chi connectivity index (χ1) is 8.63. The van der Waals surface area contributed by atoms with Gasteiger partial charge in [-0.2, -0.15) is 0 Å². The van der Waals surface area contributed by atoms with Crippen LogP contribution >= 0.6 is 11.6 Å². The Hall–Kier alpha value is -1.94. The first kappa shape index (κ1) is 11.2. The second-order valence-electron chi connectivity index (χ2n) is 4.01. The van der Waals surface area contributed by atoms with E-state index in [0.717, 1.165) is 16.6 Å². The van der Waals surface area contributed by atoms with Crippen LogP contribution in [0.2, 0.25) is 5.15 Å². The quantitative estimate of drug-likeness (QED) is 0.725. The third-order valence-corrected chi connectivity index (χ3v) is 2.89. The predicted octanol–water partition coefficient (Wildman–Crippen LogP) is 3.73. The zero-order valence-electron chi connectivity index (χ0n) is 9.54. The van der Waals surface area contributed by atoms with Crippen LogP contribution in [0.4, 0.5) is 4.39 Å². The molecule has 0 saturated heterocycles. The minimum atomic E-state index is -0.270. The summed E-state index contributed by atoms with van der Waals surface area (Å²) in [7, 11) is 0. The molecule has 0 bridgehead atoms. The molecule has 3 rings (SSSR count). The summed E-state index contributed by atoms with van der Waals surface area (Å²) in [6.07, 6.45) is 0. The number of nitrogens with one attached hydrogen (secondary N) is 1. The number of H-pyrrole nitrogens is 1. The largest absolute Gasteiger partial charge is 0.330 e. The number of hydrogen-bond donors (Lipinski definition) is 1. The van der Waals surface area contributed by atoms with E-state index in [9.17, 15) is 4.39 Å². The van der Waals surface area contributed by atoms with Gasteiger partial charge in [-0.1, -0.05) is 11.6 Å². The normalized spacial score (nSPS) is 11.1. The van der Waals surface area contributed by atoms with Gasteiger partial charge >= 0.3 is 0 Å². The summed E-state index contributed by atoms with van der Waals surface area (Å²) in [5.74, 6) is 0.369. The van der Waals surface area contributed by atoms with Crippen LogP contribution in [0.3, 0.4) is 0 Å². The molecule has 5 heteroatoms. The topological polar surface area (TPSA) is 41.6 Å². The van der Waals surface area contributed by atoms with Crippen molar-refractivity contribution < 1.29 is 4.39 Å². The summed E-state index contributed by atoms with van der Waals surface area (Å²) in [6.45, 7) is 1.81. The Morgan fingerprint density at radius 1 is 1.17 bits per heavy atom. The number of benzene rings is 1. The summed E-state index contributed by atoms with van der Waals surface area (Å²) in [5.41, 5.74) is 2.27. The minimum absolute atomic E-state index is 0.270. The lowest BCUT2D eigenvalue weighted by Gasteiger charge is -2.03. The molecule has 0 amide bonds. The maximum absolute atomic E-state index is 12.9. The zero-order chi connectivity index (χ0) is 12.7. The number of rotatable bonds is 1. The van der Waals surface area contributed by atoms with Crippen molar-refractivity contribution in [3.05, 3.63) is 47.1 Å². The molecule has 0 spiro atoms. The van der Waals surface area contributed by atoms with Crippen molar-refractivity contribution in [2.24, 2.45) is 0 Å². The molecule has 3 aromatic rings. The van der Waals surface area contributed by atoms with E-state index in [0.29, 0.717) is 16.6 Å². The number of fused-ring (bicyclic) bond motifs is 1. The van der Waals surface area contributed by atoms with E-state index in [2.05, 4.69) is 15.0 Å². The molecule has 0 aliphatic rings. The fourth-order valence-corrected chi connectivity index (χ4v) is 2.12. The Labute approximate surface area is 108 Å². The van der Waals surface area contributed by atoms with Crippen LogP contribution < -0.4 is 0 Å². The fourth-order valence-electron chi connectivity index (χ4n) is 1.92. The van der Waals surface area contributed by atoms with Crippen LogP contribution in [-0.2, 0) is 0 Å². The van der Waals surface area contributed by atoms with Gasteiger partial charge in [0, 0.05) is 10.9 Å². The number of hydrogen-bond acceptors (Lipinski definition) is 2. The van der Waals surface area contributed by atoms with E-state index >= 15 is 0 Å². The zero-order valence-corrected chi connectivity index (χ0v) is 10.3. The van der Waals surface area contributed by atoms with Crippen LogP contribution in [0.5, 0.6) is 0 Å². The average Bonchev–Trinajstić information content (AvgIpc) is 2.69. The molecule has 1 aromatic carbocycles. The van der Waals surface area contributed by atoms with Gasteiger partial charge in [0.2, 0.25) is 0 Å². The maximum atomic E-state index is 12.9. The first-order valence-corrected chi connectivity index (χ1v) is 5.80. The predicted molar refractivity (Wildman–Crippen MR) is 69.0 cm³/mol. The van der Waals surface area contributed by atoms with Gasteiger partial charge in [0.1, 0.15) is 22.4 Å². The molecule has 0 saturated carbocycles. The van der Waals surface area contributed by atoms with Gasteiger partial charge in [0.05, 0.1) is 5.69 Å². The van der Waals surface area contributed by atoms with Crippen molar-refractivity contribution >= 4 is 22.6 Å². The third-order valence-electron chi connectivity index (χ3n) is 2.68. The number of aromatic nitrogens is 3. The fraction of sp³-hybridized carbons (Fsp3) is 0.0769. The van der Waals surface area contributed by atoms with Crippen LogP contribution in [0.15, 0.2) is 30.3 Å². The molecule has 0 aliphatic heterocycles. The standard InChI is InChI=1S/C13H9ClFN3/c1-7-16-12(8-2-4-9(15)5-3-8)10-6-11(14)18-13(10)17-7/h2-6H,1H3,(H,16,17,18). The van der Waals surface area contributed by atoms with E-state index in [4.69, 9.17) is 11.6 Å². The van der Waals surface area contributed by atoms with E-state index < -0.39 is 0 Å². The highest BCUT2D eigenvalue weighted by Crippen LogP contribution is 2.28. The van der Waals surface area contributed by atoms with Crippen molar-refractivity contribution in [2.45, 2.75) is 6.92 Å². The molecular weight excluding hydrogens is 253 g/mol. The molecule has 0 unspecified atom stereocenters. The van der Waals surface area contributed by atoms with Crippen molar-refractivity contribution in [1.82, 2.24) is 15.0 Å². The summed E-state index contributed by atoms with van der Waals surface area (Å²) in [4.78, 5) is 11.6. The van der Waals surface area contributed by atoms with E-state index in [1.54, 1.807) is 25.1 Å². The van der Waals surface area contributed by atoms with Gasteiger partial charge in [-0.25, -0.2) is 14.4 Å². The highest BCUT2D eigenvalue weighted by Gasteiger charge is 2.10. The van der Waals surface area contributed by atoms with Gasteiger partial charge in [-0.3, -0.25) is 0 Å². The number of aryl methyl sites for hydroxylation is 1. The molecule has 2 aromatic heterocycles. The van der Waals surface area contributed by atoms with Crippen LogP contribution in [0.25, 0.3) is 22.3 Å². The Balaban J connectivity index is 2.30. The van der Waals surface area contributed by atoms with E-state index in [1.165, 1.54) is 12.1 Å². The minimum Gasteiger partial charge on any atom is -0.330 e. The molecule has 1 N–H and O–H groups in total. The SMILES string of the molecule is Cc1nc(-c2ccc(F)cc2)c2cc(Cl)[nH]c2n1. The number of nitrogens with zero attached hydrogens (tertiary/aromatic N) is 2. The average molecular weight is 262 g/mol. The Morgan fingerprint density at radius 2 is 1.89 bits per heavy atom. The molecule has 2 heterocycles. The van der Waals surface area contributed by atoms with Gasteiger partial charge < -0.3 is 4.98 Å². The van der Waals surface area contributed by atoms with Crippen LogP contribution in [0, 0.1) is 12.7 Å². The lowest BCUT2D eigenvalue weighted by Crippen LogP contribution is -1.92. The molecule has 0 aliphatic carbocycles. The van der Waals surface area contributed by atoms with Gasteiger partial charge in [0.25, 0.3) is 0 Å². The molecule has 3 nitrogen and oxygen atoms in total. The Bertz CT molecular complexity index is 719. The third kappa shape index (κ3) is 1.84.